The van der Waals surface area contributed by atoms with Crippen LogP contribution < -0.4 is 21.0 Å². The van der Waals surface area contributed by atoms with Crippen molar-refractivity contribution in [3.63, 3.8) is 0 Å². The Morgan fingerprint density at radius 1 is 1.02 bits per heavy atom. The number of fused-ring (bicyclic) bond motifs is 1. The van der Waals surface area contributed by atoms with Crippen molar-refractivity contribution in [3.8, 4) is 0 Å². The number of carboxylic acids is 3. The molecule has 0 radical (unpaired) electrons. The number of aromatic nitrogens is 4. The van der Waals surface area contributed by atoms with Crippen LogP contribution in [-0.2, 0) is 19.1 Å². The number of aliphatic carboxylic acids is 3. The minimum absolute atomic E-state index is 0.0859. The van der Waals surface area contributed by atoms with Gasteiger partial charge < -0.3 is 56.6 Å². The number of nitrogen functional groups attached to an aromatic ring is 1. The van der Waals surface area contributed by atoms with Crippen LogP contribution in [0.25, 0.3) is 11.0 Å². The number of ether oxygens (including phenoxy) is 1. The SMILES string of the molecule is NC(=O)c1csc([C@@H]2O[C@H](CO)[C@@H](O)[C@H]2O)n1.Nc1n[n+]([O-])c2ccccc2[n+]1[O-].O=C(O)CC(O)(CC(=O)O)C(=O)O. The summed E-state index contributed by atoms with van der Waals surface area (Å²) < 4.78 is 5.68. The predicted molar refractivity (Wildman–Crippen MR) is 139 cm³/mol. The lowest BCUT2D eigenvalue weighted by molar-refractivity contribution is -0.672. The molecule has 1 fully saturated rings. The van der Waals surface area contributed by atoms with Crippen LogP contribution in [0.5, 0.6) is 0 Å². The van der Waals surface area contributed by atoms with E-state index in [0.717, 1.165) is 11.3 Å². The lowest BCUT2D eigenvalue weighted by Gasteiger charge is -2.18. The van der Waals surface area contributed by atoms with Crippen LogP contribution in [0.15, 0.2) is 29.6 Å². The fourth-order valence-corrected chi connectivity index (χ4v) is 4.34. The number of hydrogen-bond acceptors (Lipinski definition) is 15. The van der Waals surface area contributed by atoms with Gasteiger partial charge in [-0.1, -0.05) is 12.1 Å². The van der Waals surface area contributed by atoms with E-state index >= 15 is 0 Å². The maximum Gasteiger partial charge on any atom is 0.458 e. The third-order valence-corrected chi connectivity index (χ3v) is 6.46. The van der Waals surface area contributed by atoms with Gasteiger partial charge in [0.25, 0.3) is 11.4 Å². The Morgan fingerprint density at radius 2 is 1.58 bits per heavy atom. The number of rotatable bonds is 8. The molecule has 4 rings (SSSR count). The van der Waals surface area contributed by atoms with Crippen LogP contribution in [0.3, 0.4) is 0 Å². The summed E-state index contributed by atoms with van der Waals surface area (Å²) >= 11 is 1.10. The van der Waals surface area contributed by atoms with E-state index in [-0.39, 0.29) is 22.7 Å². The second kappa shape index (κ2) is 14.4. The van der Waals surface area contributed by atoms with E-state index in [0.29, 0.717) is 14.6 Å². The normalized spacial score (nSPS) is 19.4. The van der Waals surface area contributed by atoms with Gasteiger partial charge in [-0.2, -0.15) is 0 Å². The predicted octanol–water partition coefficient (Wildman–Crippen LogP) is -3.77. The highest BCUT2D eigenvalue weighted by Crippen LogP contribution is 2.34. The fourth-order valence-electron chi connectivity index (χ4n) is 3.46. The highest BCUT2D eigenvalue weighted by molar-refractivity contribution is 7.09. The largest absolute Gasteiger partial charge is 0.739 e. The van der Waals surface area contributed by atoms with Crippen LogP contribution in [0.1, 0.15) is 34.4 Å². The molecule has 21 heteroatoms. The van der Waals surface area contributed by atoms with Gasteiger partial charge in [-0.25, -0.2) is 14.5 Å². The molecule has 1 amide bonds. The minimum Gasteiger partial charge on any atom is -0.739 e. The molecule has 0 unspecified atom stereocenters. The van der Waals surface area contributed by atoms with E-state index < -0.39 is 73.3 Å². The first-order valence-corrected chi connectivity index (χ1v) is 12.5. The summed E-state index contributed by atoms with van der Waals surface area (Å²) in [6, 6.07) is 6.31. The van der Waals surface area contributed by atoms with Crippen LogP contribution >= 0.6 is 11.3 Å². The van der Waals surface area contributed by atoms with E-state index in [2.05, 4.69) is 10.1 Å². The number of carbonyl (C=O) groups excluding carboxylic acids is 1. The van der Waals surface area contributed by atoms with Crippen molar-refractivity contribution < 1.29 is 69.2 Å². The molecule has 0 aliphatic carbocycles. The maximum atomic E-state index is 11.3. The van der Waals surface area contributed by atoms with Gasteiger partial charge in [0.1, 0.15) is 35.1 Å². The second-order valence-electron chi connectivity index (χ2n) is 8.69. The van der Waals surface area contributed by atoms with Crippen molar-refractivity contribution in [2.24, 2.45) is 5.73 Å². The van der Waals surface area contributed by atoms with Crippen LogP contribution in [0.2, 0.25) is 0 Å². The third kappa shape index (κ3) is 8.60. The molecule has 4 atom stereocenters. The summed E-state index contributed by atoms with van der Waals surface area (Å²) in [6.07, 6.45) is -6.34. The number of hydrogen-bond donors (Lipinski definition) is 9. The Hall–Kier alpha value is -4.80. The van der Waals surface area contributed by atoms with Crippen molar-refractivity contribution in [3.05, 3.63) is 50.8 Å². The average Bonchev–Trinajstić information content (AvgIpc) is 3.52. The third-order valence-electron chi connectivity index (χ3n) is 5.55. The number of para-hydroxylation sites is 2. The van der Waals surface area contributed by atoms with Crippen molar-refractivity contribution in [2.75, 3.05) is 12.3 Å². The van der Waals surface area contributed by atoms with Crippen LogP contribution in [0, 0.1) is 10.4 Å². The zero-order valence-electron chi connectivity index (χ0n) is 21.7. The summed E-state index contributed by atoms with van der Waals surface area (Å²) in [5, 5.41) is 89.5. The summed E-state index contributed by atoms with van der Waals surface area (Å²) in [6.45, 7) is -0.400. The smallest absolute Gasteiger partial charge is 0.458 e. The highest BCUT2D eigenvalue weighted by atomic mass is 32.1. The lowest BCUT2D eigenvalue weighted by Crippen LogP contribution is -2.44. The molecular weight excluding hydrogens is 604 g/mol. The number of carbonyl (C=O) groups is 4. The fraction of sp³-hybridized carbons (Fsp3) is 0.364. The number of carboxylic acid groups (broad SMARTS) is 3. The molecule has 11 N–H and O–H groups in total. The Morgan fingerprint density at radius 3 is 2.02 bits per heavy atom. The first kappa shape index (κ1) is 34.4. The molecule has 3 aromatic rings. The molecule has 1 aromatic carbocycles. The molecule has 2 aromatic heterocycles. The summed E-state index contributed by atoms with van der Waals surface area (Å²) in [7, 11) is 0. The number of aliphatic hydroxyl groups excluding tert-OH is 3. The van der Waals surface area contributed by atoms with E-state index in [1.165, 1.54) is 17.5 Å². The molecule has 1 saturated heterocycles. The number of thiazole rings is 1. The number of anilines is 1. The summed E-state index contributed by atoms with van der Waals surface area (Å²) in [5.74, 6) is -6.04. The molecule has 1 aliphatic rings. The van der Waals surface area contributed by atoms with E-state index in [1.54, 1.807) is 12.1 Å². The Kier molecular flexibility index (Phi) is 11.5. The molecule has 3 heterocycles. The van der Waals surface area contributed by atoms with Gasteiger partial charge in [0.15, 0.2) is 11.1 Å². The molecule has 0 saturated carbocycles. The zero-order chi connectivity index (χ0) is 32.6. The van der Waals surface area contributed by atoms with Crippen molar-refractivity contribution in [1.29, 1.82) is 0 Å². The number of benzene rings is 1. The summed E-state index contributed by atoms with van der Waals surface area (Å²) in [4.78, 5) is 45.6. The first-order chi connectivity index (χ1) is 20.0. The molecular formula is C22H26N6O14S. The Labute approximate surface area is 243 Å². The maximum absolute atomic E-state index is 11.3. The highest BCUT2D eigenvalue weighted by Gasteiger charge is 2.44. The Bertz CT molecular complexity index is 1470. The summed E-state index contributed by atoms with van der Waals surface area (Å²) in [5.41, 5.74) is 8.02. The van der Waals surface area contributed by atoms with Gasteiger partial charge in [-0.3, -0.25) is 20.1 Å². The van der Waals surface area contributed by atoms with Gasteiger partial charge in [0, 0.05) is 16.3 Å². The van der Waals surface area contributed by atoms with E-state index in [4.69, 9.17) is 41.7 Å². The van der Waals surface area contributed by atoms with E-state index in [9.17, 15) is 39.8 Å². The number of primary amides is 1. The van der Waals surface area contributed by atoms with Gasteiger partial charge in [0.05, 0.1) is 19.4 Å². The number of aliphatic hydroxyl groups is 4. The van der Waals surface area contributed by atoms with Crippen LogP contribution in [0.4, 0.5) is 5.95 Å². The second-order valence-corrected chi connectivity index (χ2v) is 9.58. The molecule has 43 heavy (non-hydrogen) atoms. The van der Waals surface area contributed by atoms with Crippen molar-refractivity contribution >= 4 is 52.1 Å². The number of nitrogens with two attached hydrogens (primary N) is 2. The standard InChI is InChI=1S/C9H12N2O5S.C7H6N4O2.C6H8O7/c10-8(15)3-2-17-9(11-3)7-6(14)5(13)4(1-12)16-7;8-7-9-11(13)6-4-2-1-3-5(6)10(7)12;7-3(8)1-6(13,5(11)12)2-4(9)10/h2,4-7,12-14H,1H2,(H2,10,15);1-4H,(H2,8,9);13H,1-2H2,(H,7,8)(H,9,10)(H,11,12)/t4-,5-,6-,7-;;/m1../s1. The molecule has 20 nitrogen and oxygen atoms in total. The zero-order valence-corrected chi connectivity index (χ0v) is 22.5. The quantitative estimate of drug-likeness (QED) is 0.0851. The molecule has 0 bridgehead atoms. The molecule has 234 valence electrons. The van der Waals surface area contributed by atoms with Crippen molar-refractivity contribution in [2.45, 2.75) is 42.9 Å². The average molecular weight is 631 g/mol. The van der Waals surface area contributed by atoms with Gasteiger partial charge in [-0.05, 0) is 6.07 Å². The van der Waals surface area contributed by atoms with E-state index in [1.807, 2.05) is 0 Å². The monoisotopic (exact) mass is 630 g/mol. The topological polar surface area (TPSA) is 351 Å². The minimum atomic E-state index is -2.74. The molecule has 0 spiro atoms. The Balaban J connectivity index is 0.000000229. The number of amides is 1. The lowest BCUT2D eigenvalue weighted by atomic mass is 9.96. The number of nitrogens with zero attached hydrogens (tertiary/aromatic N) is 4. The molecule has 1 aliphatic heterocycles. The van der Waals surface area contributed by atoms with Crippen molar-refractivity contribution in [1.82, 2.24) is 10.1 Å². The van der Waals surface area contributed by atoms with Gasteiger partial charge in [0.2, 0.25) is 5.10 Å². The first-order valence-electron chi connectivity index (χ1n) is 11.7. The van der Waals surface area contributed by atoms with Gasteiger partial charge in [-0.15, -0.1) is 11.3 Å². The van der Waals surface area contributed by atoms with Crippen LogP contribution in [-0.4, -0.2) is 100 Å². The van der Waals surface area contributed by atoms with Gasteiger partial charge >= 0.3 is 23.9 Å².